The Hall–Kier alpha value is -0.820. The Balaban J connectivity index is 4.59. The van der Waals surface area contributed by atoms with Gasteiger partial charge in [-0.2, -0.15) is 8.42 Å². The Bertz CT molecular complexity index is 354. The minimum absolute atomic E-state index is 0.918. The molecule has 17 heavy (non-hydrogen) atoms. The summed E-state index contributed by atoms with van der Waals surface area (Å²) in [5.74, 6) is -1.73. The first-order valence-corrected chi connectivity index (χ1v) is 5.58. The lowest BCUT2D eigenvalue weighted by Crippen LogP contribution is -2.53. The lowest BCUT2D eigenvalue weighted by Gasteiger charge is -2.24. The highest BCUT2D eigenvalue weighted by atomic mass is 32.3. The van der Waals surface area contributed by atoms with Crippen molar-refractivity contribution in [2.75, 3.05) is 6.61 Å². The summed E-state index contributed by atoms with van der Waals surface area (Å²) in [6.07, 6.45) is -5.87. The maximum atomic E-state index is 10.9. The highest BCUT2D eigenvalue weighted by Crippen LogP contribution is 2.05. The normalized spacial score (nSPS) is 19.2. The average Bonchev–Trinajstić information content (AvgIpc) is 2.22. The molecule has 0 bridgehead atoms. The predicted octanol–water partition coefficient (Wildman–Crippen LogP) is -4.27. The molecule has 0 rings (SSSR count). The first-order chi connectivity index (χ1) is 7.60. The van der Waals surface area contributed by atoms with Crippen LogP contribution in [0.5, 0.6) is 0 Å². The molecule has 102 valence electrons. The van der Waals surface area contributed by atoms with Gasteiger partial charge in [0.1, 0.15) is 24.4 Å². The third kappa shape index (κ3) is 5.36. The van der Waals surface area contributed by atoms with Crippen LogP contribution in [0.3, 0.4) is 0 Å². The summed E-state index contributed by atoms with van der Waals surface area (Å²) in [5.41, 5.74) is 5.01. The molecule has 4 atom stereocenters. The SMILES string of the molecule is N[C@H](C(=O)OS(=O)(=O)O)[C@@H](O)[C@H](O)[C@H](O)CO. The highest BCUT2D eigenvalue weighted by Gasteiger charge is 2.35. The van der Waals surface area contributed by atoms with Gasteiger partial charge in [-0.15, -0.1) is 0 Å². The van der Waals surface area contributed by atoms with Gasteiger partial charge in [-0.05, 0) is 0 Å². The van der Waals surface area contributed by atoms with Crippen LogP contribution in [0.15, 0.2) is 0 Å². The fourth-order valence-electron chi connectivity index (χ4n) is 0.847. The molecule has 0 fully saturated rings. The van der Waals surface area contributed by atoms with Gasteiger partial charge in [0.25, 0.3) is 0 Å². The molecule has 0 aromatic heterocycles. The Labute approximate surface area is 96.2 Å². The maximum absolute atomic E-state index is 10.9. The van der Waals surface area contributed by atoms with Crippen LogP contribution in [0.2, 0.25) is 0 Å². The first kappa shape index (κ1) is 16.2. The van der Waals surface area contributed by atoms with Gasteiger partial charge in [-0.25, -0.2) is 4.79 Å². The van der Waals surface area contributed by atoms with Crippen molar-refractivity contribution in [1.29, 1.82) is 0 Å². The topological polar surface area (TPSA) is 188 Å². The standard InChI is InChI=1S/C6H13NO9S/c7-3(6(12)16-17(13,14)15)5(11)4(10)2(9)1-8/h2-5,8-11H,1,7H2,(H,13,14,15)/t2-,3+,4-,5-/m1/s1. The van der Waals surface area contributed by atoms with E-state index >= 15 is 0 Å². The lowest BCUT2D eigenvalue weighted by molar-refractivity contribution is -0.144. The van der Waals surface area contributed by atoms with Crippen molar-refractivity contribution in [3.63, 3.8) is 0 Å². The summed E-state index contributed by atoms with van der Waals surface area (Å²) in [6.45, 7) is -0.918. The van der Waals surface area contributed by atoms with Gasteiger partial charge in [0.15, 0.2) is 0 Å². The van der Waals surface area contributed by atoms with E-state index in [0.29, 0.717) is 0 Å². The average molecular weight is 275 g/mol. The monoisotopic (exact) mass is 275 g/mol. The number of aliphatic hydroxyl groups excluding tert-OH is 4. The van der Waals surface area contributed by atoms with Crippen LogP contribution < -0.4 is 5.73 Å². The second kappa shape index (κ2) is 6.20. The number of rotatable bonds is 6. The number of nitrogens with two attached hydrogens (primary N) is 1. The second-order valence-electron chi connectivity index (χ2n) is 3.09. The van der Waals surface area contributed by atoms with Gasteiger partial charge in [-0.1, -0.05) is 0 Å². The Kier molecular flexibility index (Phi) is 5.91. The van der Waals surface area contributed by atoms with Crippen molar-refractivity contribution >= 4 is 16.4 Å². The molecule has 0 unspecified atom stereocenters. The van der Waals surface area contributed by atoms with Crippen LogP contribution in [0.1, 0.15) is 0 Å². The highest BCUT2D eigenvalue weighted by molar-refractivity contribution is 7.81. The second-order valence-corrected chi connectivity index (χ2v) is 4.11. The molecule has 0 aliphatic rings. The molecule has 0 aliphatic carbocycles. The third-order valence-corrected chi connectivity index (χ3v) is 2.13. The van der Waals surface area contributed by atoms with E-state index in [0.717, 1.165) is 0 Å². The van der Waals surface area contributed by atoms with Crippen molar-refractivity contribution < 1.29 is 42.4 Å². The fraction of sp³-hybridized carbons (Fsp3) is 0.833. The largest absolute Gasteiger partial charge is 0.449 e. The van der Waals surface area contributed by atoms with Crippen molar-refractivity contribution in [3.05, 3.63) is 0 Å². The summed E-state index contributed by atoms with van der Waals surface area (Å²) in [5, 5.41) is 35.7. The van der Waals surface area contributed by atoms with Crippen molar-refractivity contribution in [3.8, 4) is 0 Å². The zero-order valence-electron chi connectivity index (χ0n) is 8.37. The molecule has 11 heteroatoms. The maximum Gasteiger partial charge on any atom is 0.449 e. The van der Waals surface area contributed by atoms with Crippen molar-refractivity contribution in [1.82, 2.24) is 0 Å². The zero-order valence-corrected chi connectivity index (χ0v) is 9.19. The summed E-state index contributed by atoms with van der Waals surface area (Å²) >= 11 is 0. The summed E-state index contributed by atoms with van der Waals surface area (Å²) < 4.78 is 31.9. The van der Waals surface area contributed by atoms with Crippen LogP contribution in [0.4, 0.5) is 0 Å². The molecule has 0 radical (unpaired) electrons. The summed E-state index contributed by atoms with van der Waals surface area (Å²) in [4.78, 5) is 10.9. The van der Waals surface area contributed by atoms with Gasteiger partial charge in [0.05, 0.1) is 6.61 Å². The molecule has 0 aromatic rings. The fourth-order valence-corrected chi connectivity index (χ4v) is 1.17. The molecule has 0 aromatic carbocycles. The number of carbonyl (C=O) groups excluding carboxylic acids is 1. The van der Waals surface area contributed by atoms with E-state index in [-0.39, 0.29) is 0 Å². The zero-order chi connectivity index (χ0) is 13.8. The van der Waals surface area contributed by atoms with Crippen LogP contribution in [-0.2, 0) is 19.4 Å². The van der Waals surface area contributed by atoms with E-state index < -0.39 is 47.3 Å². The van der Waals surface area contributed by atoms with Crippen molar-refractivity contribution in [2.45, 2.75) is 24.4 Å². The van der Waals surface area contributed by atoms with Crippen LogP contribution in [0.25, 0.3) is 0 Å². The molecule has 0 spiro atoms. The molecule has 10 nitrogen and oxygen atoms in total. The minimum Gasteiger partial charge on any atom is -0.394 e. The molecule has 0 saturated carbocycles. The van der Waals surface area contributed by atoms with Gasteiger partial charge in [0.2, 0.25) is 0 Å². The van der Waals surface area contributed by atoms with Gasteiger partial charge in [-0.3, -0.25) is 4.55 Å². The Morgan fingerprint density at radius 1 is 1.24 bits per heavy atom. The van der Waals surface area contributed by atoms with E-state index in [1.54, 1.807) is 0 Å². The summed E-state index contributed by atoms with van der Waals surface area (Å²) in [7, 11) is -5.09. The Morgan fingerprint density at radius 2 is 1.71 bits per heavy atom. The Morgan fingerprint density at radius 3 is 2.06 bits per heavy atom. The van der Waals surface area contributed by atoms with E-state index in [2.05, 4.69) is 4.18 Å². The molecular weight excluding hydrogens is 262 g/mol. The quantitative estimate of drug-likeness (QED) is 0.259. The van der Waals surface area contributed by atoms with Crippen LogP contribution in [0, 0.1) is 0 Å². The molecular formula is C6H13NO9S. The molecule has 0 heterocycles. The van der Waals surface area contributed by atoms with E-state index in [4.69, 9.17) is 25.6 Å². The first-order valence-electron chi connectivity index (χ1n) is 4.21. The molecule has 0 amide bonds. The number of aliphatic hydroxyl groups is 4. The molecule has 0 saturated heterocycles. The third-order valence-electron chi connectivity index (χ3n) is 1.76. The number of hydrogen-bond donors (Lipinski definition) is 6. The van der Waals surface area contributed by atoms with Crippen LogP contribution in [-0.4, -0.2) is 70.3 Å². The molecule has 7 N–H and O–H groups in total. The van der Waals surface area contributed by atoms with Gasteiger partial charge in [0, 0.05) is 0 Å². The molecule has 0 aliphatic heterocycles. The van der Waals surface area contributed by atoms with Gasteiger partial charge >= 0.3 is 16.4 Å². The van der Waals surface area contributed by atoms with Gasteiger partial charge < -0.3 is 30.3 Å². The number of carbonyl (C=O) groups is 1. The lowest BCUT2D eigenvalue weighted by atomic mass is 10.0. The predicted molar refractivity (Wildman–Crippen MR) is 50.7 cm³/mol. The van der Waals surface area contributed by atoms with E-state index in [9.17, 15) is 18.3 Å². The smallest absolute Gasteiger partial charge is 0.394 e. The van der Waals surface area contributed by atoms with E-state index in [1.807, 2.05) is 0 Å². The van der Waals surface area contributed by atoms with E-state index in [1.165, 1.54) is 0 Å². The van der Waals surface area contributed by atoms with Crippen LogP contribution >= 0.6 is 0 Å². The number of hydrogen-bond acceptors (Lipinski definition) is 9. The minimum atomic E-state index is -5.09. The summed E-state index contributed by atoms with van der Waals surface area (Å²) in [6, 6.07) is -2.03. The van der Waals surface area contributed by atoms with Crippen molar-refractivity contribution in [2.24, 2.45) is 5.73 Å².